The molecular formula is C24H23ClN4O2S. The Morgan fingerprint density at radius 3 is 2.56 bits per heavy atom. The number of anilines is 2. The molecule has 0 aliphatic heterocycles. The number of benzene rings is 2. The number of nitrogens with zero attached hydrogens (tertiary/aromatic N) is 2. The first-order chi connectivity index (χ1) is 15.4. The largest absolute Gasteiger partial charge is 0.497 e. The van der Waals surface area contributed by atoms with Gasteiger partial charge in [0, 0.05) is 28.3 Å². The molecule has 0 aliphatic rings. The van der Waals surface area contributed by atoms with Crippen molar-refractivity contribution in [1.82, 2.24) is 9.55 Å². The van der Waals surface area contributed by atoms with Crippen LogP contribution in [0.5, 0.6) is 5.75 Å². The number of methoxy groups -OCH3 is 1. The van der Waals surface area contributed by atoms with Gasteiger partial charge in [0.2, 0.25) is 0 Å². The van der Waals surface area contributed by atoms with Crippen LogP contribution < -0.4 is 15.8 Å². The van der Waals surface area contributed by atoms with Crippen molar-refractivity contribution in [2.45, 2.75) is 19.9 Å². The first-order valence-corrected chi connectivity index (χ1v) is 11.3. The Kier molecular flexibility index (Phi) is 6.48. The van der Waals surface area contributed by atoms with Crippen molar-refractivity contribution in [3.8, 4) is 17.1 Å². The van der Waals surface area contributed by atoms with Crippen molar-refractivity contribution in [2.24, 2.45) is 5.73 Å². The van der Waals surface area contributed by atoms with Crippen LogP contribution in [0.25, 0.3) is 11.4 Å². The number of thiazole rings is 1. The van der Waals surface area contributed by atoms with E-state index in [4.69, 9.17) is 27.1 Å². The quantitative estimate of drug-likeness (QED) is 0.350. The fourth-order valence-electron chi connectivity index (χ4n) is 3.53. The molecule has 0 saturated carbocycles. The molecule has 0 saturated heterocycles. The zero-order valence-corrected chi connectivity index (χ0v) is 19.3. The molecule has 4 rings (SSSR count). The number of primary amides is 1. The maximum atomic E-state index is 12.0. The summed E-state index contributed by atoms with van der Waals surface area (Å²) in [5, 5.41) is 6.70. The predicted octanol–water partition coefficient (Wildman–Crippen LogP) is 5.67. The van der Waals surface area contributed by atoms with Crippen molar-refractivity contribution < 1.29 is 9.53 Å². The van der Waals surface area contributed by atoms with E-state index < -0.39 is 5.91 Å². The van der Waals surface area contributed by atoms with Crippen molar-refractivity contribution in [3.63, 3.8) is 0 Å². The molecule has 1 amide bonds. The molecule has 0 aliphatic carbocycles. The highest BCUT2D eigenvalue weighted by Crippen LogP contribution is 2.31. The van der Waals surface area contributed by atoms with E-state index in [-0.39, 0.29) is 0 Å². The summed E-state index contributed by atoms with van der Waals surface area (Å²) >= 11 is 7.46. The summed E-state index contributed by atoms with van der Waals surface area (Å²) in [6.07, 6.45) is 0.796. The SMILES string of the molecule is COc1ccc(CCn2c(-c3csc(Nc4ccc(Cl)cc4)n3)cc(C(N)=O)c2C)cc1. The van der Waals surface area contributed by atoms with E-state index in [1.807, 2.05) is 66.9 Å². The van der Waals surface area contributed by atoms with Crippen LogP contribution in [0.4, 0.5) is 10.8 Å². The highest BCUT2D eigenvalue weighted by molar-refractivity contribution is 7.14. The Bertz CT molecular complexity index is 1230. The van der Waals surface area contributed by atoms with E-state index in [0.717, 1.165) is 40.1 Å². The smallest absolute Gasteiger partial charge is 0.250 e. The third kappa shape index (κ3) is 4.79. The second-order valence-electron chi connectivity index (χ2n) is 7.31. The lowest BCUT2D eigenvalue weighted by molar-refractivity contribution is 0.0999. The molecule has 2 heterocycles. The zero-order chi connectivity index (χ0) is 22.7. The minimum Gasteiger partial charge on any atom is -0.497 e. The summed E-state index contributed by atoms with van der Waals surface area (Å²) in [6, 6.07) is 17.3. The van der Waals surface area contributed by atoms with E-state index >= 15 is 0 Å². The van der Waals surface area contributed by atoms with Gasteiger partial charge >= 0.3 is 0 Å². The topological polar surface area (TPSA) is 82.2 Å². The van der Waals surface area contributed by atoms with Crippen LogP contribution in [-0.4, -0.2) is 22.6 Å². The van der Waals surface area contributed by atoms with Crippen molar-refractivity contribution in [2.75, 3.05) is 12.4 Å². The van der Waals surface area contributed by atoms with Gasteiger partial charge in [0.05, 0.1) is 24.1 Å². The molecule has 2 aromatic heterocycles. The maximum absolute atomic E-state index is 12.0. The third-order valence-corrected chi connectivity index (χ3v) is 6.29. The predicted molar refractivity (Wildman–Crippen MR) is 130 cm³/mol. The number of aryl methyl sites for hydroxylation is 1. The van der Waals surface area contributed by atoms with Crippen LogP contribution in [0.15, 0.2) is 60.0 Å². The maximum Gasteiger partial charge on any atom is 0.250 e. The summed E-state index contributed by atoms with van der Waals surface area (Å²) in [5.41, 5.74) is 10.7. The van der Waals surface area contributed by atoms with E-state index in [0.29, 0.717) is 17.1 Å². The lowest BCUT2D eigenvalue weighted by Crippen LogP contribution is -2.13. The van der Waals surface area contributed by atoms with Gasteiger partial charge in [-0.25, -0.2) is 4.98 Å². The molecule has 32 heavy (non-hydrogen) atoms. The summed E-state index contributed by atoms with van der Waals surface area (Å²) in [4.78, 5) is 16.7. The molecule has 0 spiro atoms. The van der Waals surface area contributed by atoms with Gasteiger partial charge in [-0.3, -0.25) is 4.79 Å². The van der Waals surface area contributed by atoms with Crippen LogP contribution >= 0.6 is 22.9 Å². The van der Waals surface area contributed by atoms with E-state index in [1.165, 1.54) is 16.9 Å². The van der Waals surface area contributed by atoms with Gasteiger partial charge in [-0.1, -0.05) is 23.7 Å². The van der Waals surface area contributed by atoms with Gasteiger partial charge in [0.25, 0.3) is 5.91 Å². The average Bonchev–Trinajstić information content (AvgIpc) is 3.38. The van der Waals surface area contributed by atoms with E-state index in [2.05, 4.69) is 9.88 Å². The monoisotopic (exact) mass is 466 g/mol. The average molecular weight is 467 g/mol. The molecule has 2 aromatic carbocycles. The number of hydrogen-bond donors (Lipinski definition) is 2. The lowest BCUT2D eigenvalue weighted by Gasteiger charge is -2.11. The summed E-state index contributed by atoms with van der Waals surface area (Å²) in [6.45, 7) is 2.61. The first kappa shape index (κ1) is 21.9. The molecule has 0 bridgehead atoms. The Balaban J connectivity index is 1.60. The van der Waals surface area contributed by atoms with Crippen molar-refractivity contribution in [1.29, 1.82) is 0 Å². The number of rotatable bonds is 8. The third-order valence-electron chi connectivity index (χ3n) is 5.28. The standard InChI is InChI=1S/C24H23ClN4O2S/c1-15-20(23(26)30)13-22(29(15)12-11-16-3-9-19(31-2)10-4-16)21-14-32-24(28-21)27-18-7-5-17(25)6-8-18/h3-10,13-14H,11-12H2,1-2H3,(H2,26,30)(H,27,28). The number of hydrogen-bond acceptors (Lipinski definition) is 5. The number of carbonyl (C=O) groups excluding carboxylic acids is 1. The van der Waals surface area contributed by atoms with Gasteiger partial charge in [0.1, 0.15) is 5.75 Å². The molecule has 0 radical (unpaired) electrons. The molecule has 3 N–H and O–H groups in total. The Labute approximate surface area is 195 Å². The molecule has 4 aromatic rings. The van der Waals surface area contributed by atoms with Gasteiger partial charge in [-0.2, -0.15) is 0 Å². The zero-order valence-electron chi connectivity index (χ0n) is 17.8. The number of amides is 1. The molecule has 8 heteroatoms. The first-order valence-electron chi connectivity index (χ1n) is 10.1. The minimum absolute atomic E-state index is 0.443. The minimum atomic E-state index is -0.443. The van der Waals surface area contributed by atoms with Gasteiger partial charge < -0.3 is 20.4 Å². The lowest BCUT2D eigenvalue weighted by atomic mass is 10.1. The summed E-state index contributed by atoms with van der Waals surface area (Å²) in [5.74, 6) is 0.382. The van der Waals surface area contributed by atoms with E-state index in [9.17, 15) is 4.79 Å². The highest BCUT2D eigenvalue weighted by Gasteiger charge is 2.18. The number of halogens is 1. The normalized spacial score (nSPS) is 10.8. The summed E-state index contributed by atoms with van der Waals surface area (Å²) < 4.78 is 7.33. The highest BCUT2D eigenvalue weighted by atomic mass is 35.5. The number of ether oxygens (including phenoxy) is 1. The van der Waals surface area contributed by atoms with Crippen LogP contribution in [0, 0.1) is 6.92 Å². The molecule has 164 valence electrons. The van der Waals surface area contributed by atoms with E-state index in [1.54, 1.807) is 7.11 Å². The molecule has 6 nitrogen and oxygen atoms in total. The second kappa shape index (κ2) is 9.46. The number of aromatic nitrogens is 2. The van der Waals surface area contributed by atoms with Gasteiger partial charge in [0.15, 0.2) is 5.13 Å². The number of carbonyl (C=O) groups is 1. The van der Waals surface area contributed by atoms with Crippen molar-refractivity contribution >= 4 is 39.7 Å². The van der Waals surface area contributed by atoms with Crippen LogP contribution in [0.1, 0.15) is 21.6 Å². The number of nitrogens with two attached hydrogens (primary N) is 1. The van der Waals surface area contributed by atoms with Crippen LogP contribution in [0.3, 0.4) is 0 Å². The molecule has 0 atom stereocenters. The number of nitrogens with one attached hydrogen (secondary N) is 1. The Morgan fingerprint density at radius 1 is 1.19 bits per heavy atom. The van der Waals surface area contributed by atoms with Gasteiger partial charge in [-0.15, -0.1) is 11.3 Å². The van der Waals surface area contributed by atoms with Crippen LogP contribution in [0.2, 0.25) is 5.02 Å². The second-order valence-corrected chi connectivity index (χ2v) is 8.61. The summed E-state index contributed by atoms with van der Waals surface area (Å²) in [7, 11) is 1.65. The fraction of sp³-hybridized carbons (Fsp3) is 0.167. The van der Waals surface area contributed by atoms with Gasteiger partial charge in [-0.05, 0) is 61.4 Å². The van der Waals surface area contributed by atoms with Crippen LogP contribution in [-0.2, 0) is 13.0 Å². The fourth-order valence-corrected chi connectivity index (χ4v) is 4.38. The Hall–Kier alpha value is -3.29. The molecular weight excluding hydrogens is 444 g/mol. The molecule has 0 fully saturated rings. The Morgan fingerprint density at radius 2 is 1.91 bits per heavy atom. The van der Waals surface area contributed by atoms with Crippen molar-refractivity contribution in [3.05, 3.63) is 81.8 Å². The molecule has 0 unspecified atom stereocenters.